The summed E-state index contributed by atoms with van der Waals surface area (Å²) in [5.41, 5.74) is 5.45. The summed E-state index contributed by atoms with van der Waals surface area (Å²) in [5.74, 6) is 0. The maximum absolute atomic E-state index is 5.45. The molecule has 0 fully saturated rings. The van der Waals surface area contributed by atoms with Crippen LogP contribution >= 0.6 is 0 Å². The number of nitrogens with two attached hydrogens (primary N) is 1. The quantitative estimate of drug-likeness (QED) is 0.374. The predicted octanol–water partition coefficient (Wildman–Crippen LogP) is 5.31. The van der Waals surface area contributed by atoms with E-state index in [1.54, 1.807) is 0 Å². The lowest BCUT2D eigenvalue weighted by Gasteiger charge is -1.95. The summed E-state index contributed by atoms with van der Waals surface area (Å²) in [6.07, 6.45) is 27.2. The van der Waals surface area contributed by atoms with Gasteiger partial charge in [-0.15, -0.1) is 0 Å². The molecule has 0 aromatic rings. The minimum absolute atomic E-state index is 0.837. The second-order valence-corrected chi connectivity index (χ2v) is 4.68. The first-order chi connectivity index (χ1) is 9.41. The van der Waals surface area contributed by atoms with Gasteiger partial charge >= 0.3 is 0 Å². The van der Waals surface area contributed by atoms with Gasteiger partial charge in [-0.2, -0.15) is 0 Å². The van der Waals surface area contributed by atoms with Crippen LogP contribution in [-0.2, 0) is 0 Å². The summed E-state index contributed by atoms with van der Waals surface area (Å²) in [7, 11) is 0. The molecular formula is C18H31N. The Balaban J connectivity index is 3.29. The molecule has 0 aromatic heterocycles. The zero-order valence-electron chi connectivity index (χ0n) is 12.6. The van der Waals surface area contributed by atoms with Crippen molar-refractivity contribution in [2.75, 3.05) is 6.54 Å². The van der Waals surface area contributed by atoms with E-state index in [0.717, 1.165) is 25.8 Å². The van der Waals surface area contributed by atoms with Gasteiger partial charge in [0.25, 0.3) is 0 Å². The molecule has 0 bridgehead atoms. The highest BCUT2D eigenvalue weighted by Crippen LogP contribution is 2.03. The fourth-order valence-electron chi connectivity index (χ4n) is 1.73. The molecule has 0 amide bonds. The number of hydrogen-bond acceptors (Lipinski definition) is 1. The summed E-state index contributed by atoms with van der Waals surface area (Å²) in [6, 6.07) is 0. The summed E-state index contributed by atoms with van der Waals surface area (Å²) in [4.78, 5) is 0. The Kier molecular flexibility index (Phi) is 16.0. The van der Waals surface area contributed by atoms with Gasteiger partial charge in [-0.1, -0.05) is 61.4 Å². The van der Waals surface area contributed by atoms with E-state index in [2.05, 4.69) is 55.5 Å². The van der Waals surface area contributed by atoms with Crippen molar-refractivity contribution in [1.82, 2.24) is 0 Å². The van der Waals surface area contributed by atoms with Crippen LogP contribution in [0.5, 0.6) is 0 Å². The van der Waals surface area contributed by atoms with Crippen LogP contribution in [-0.4, -0.2) is 6.54 Å². The van der Waals surface area contributed by atoms with E-state index in [-0.39, 0.29) is 0 Å². The average molecular weight is 261 g/mol. The molecule has 0 radical (unpaired) electrons. The summed E-state index contributed by atoms with van der Waals surface area (Å²) < 4.78 is 0. The van der Waals surface area contributed by atoms with E-state index in [9.17, 15) is 0 Å². The van der Waals surface area contributed by atoms with Crippen molar-refractivity contribution in [2.45, 2.75) is 58.3 Å². The molecule has 0 saturated carbocycles. The highest BCUT2D eigenvalue weighted by Gasteiger charge is 1.85. The van der Waals surface area contributed by atoms with E-state index in [4.69, 9.17) is 5.73 Å². The second-order valence-electron chi connectivity index (χ2n) is 4.68. The minimum Gasteiger partial charge on any atom is -0.330 e. The van der Waals surface area contributed by atoms with Crippen LogP contribution < -0.4 is 5.73 Å². The Labute approximate surface area is 120 Å². The molecule has 108 valence electrons. The lowest BCUT2D eigenvalue weighted by molar-refractivity contribution is 0.652. The molecule has 0 aliphatic rings. The molecule has 0 heterocycles. The molecule has 2 N–H and O–H groups in total. The van der Waals surface area contributed by atoms with Gasteiger partial charge in [-0.05, 0) is 52.0 Å². The minimum atomic E-state index is 0.837. The lowest BCUT2D eigenvalue weighted by Crippen LogP contribution is -1.97. The van der Waals surface area contributed by atoms with Gasteiger partial charge in [0.15, 0.2) is 0 Å². The number of rotatable bonds is 12. The molecule has 1 nitrogen and oxygen atoms in total. The fraction of sp³-hybridized carbons (Fsp3) is 0.556. The lowest BCUT2D eigenvalue weighted by atomic mass is 10.1. The Hall–Kier alpha value is -1.08. The van der Waals surface area contributed by atoms with Crippen molar-refractivity contribution in [1.29, 1.82) is 0 Å². The number of unbranched alkanes of at least 4 members (excludes halogenated alkanes) is 4. The molecule has 0 saturated heterocycles. The Morgan fingerprint density at radius 1 is 0.632 bits per heavy atom. The van der Waals surface area contributed by atoms with Gasteiger partial charge < -0.3 is 5.73 Å². The van der Waals surface area contributed by atoms with Crippen molar-refractivity contribution >= 4 is 0 Å². The molecule has 1 heteroatoms. The average Bonchev–Trinajstić information content (AvgIpc) is 2.43. The van der Waals surface area contributed by atoms with E-state index in [0.29, 0.717) is 0 Å². The summed E-state index contributed by atoms with van der Waals surface area (Å²) in [6.45, 7) is 2.89. The topological polar surface area (TPSA) is 26.0 Å². The van der Waals surface area contributed by atoms with Crippen LogP contribution in [0.25, 0.3) is 0 Å². The normalized spacial score (nSPS) is 12.7. The molecular weight excluding hydrogens is 230 g/mol. The molecule has 0 aliphatic heterocycles. The standard InChI is InChI=1S/C18H31N/c1-2-3-4-5-6-7-8-9-10-11-12-13-14-15-16-17-18-19/h2-3,5-6,8-9,11-12H,4,7,10,13-19H2,1H3/b3-2-,6-5-,9-8-,12-11-. The highest BCUT2D eigenvalue weighted by molar-refractivity contribution is 4.98. The van der Waals surface area contributed by atoms with Crippen molar-refractivity contribution in [3.05, 3.63) is 48.6 Å². The van der Waals surface area contributed by atoms with Crippen molar-refractivity contribution in [2.24, 2.45) is 5.73 Å². The Morgan fingerprint density at radius 2 is 1.16 bits per heavy atom. The van der Waals surface area contributed by atoms with Gasteiger partial charge in [-0.3, -0.25) is 0 Å². The van der Waals surface area contributed by atoms with Gasteiger partial charge in [0, 0.05) is 0 Å². The Bertz CT molecular complexity index is 271. The smallest absolute Gasteiger partial charge is 0.00773 e. The molecule has 0 rings (SSSR count). The van der Waals surface area contributed by atoms with Crippen LogP contribution in [0.4, 0.5) is 0 Å². The van der Waals surface area contributed by atoms with Crippen LogP contribution in [0.3, 0.4) is 0 Å². The Morgan fingerprint density at radius 3 is 1.74 bits per heavy atom. The van der Waals surface area contributed by atoms with Crippen molar-refractivity contribution < 1.29 is 0 Å². The number of hydrogen-bond donors (Lipinski definition) is 1. The zero-order chi connectivity index (χ0) is 14.0. The summed E-state index contributed by atoms with van der Waals surface area (Å²) in [5, 5.41) is 0. The molecule has 0 aliphatic carbocycles. The van der Waals surface area contributed by atoms with Crippen LogP contribution in [0, 0.1) is 0 Å². The van der Waals surface area contributed by atoms with E-state index in [1.165, 1.54) is 32.1 Å². The first-order valence-electron chi connectivity index (χ1n) is 7.68. The first-order valence-corrected chi connectivity index (χ1v) is 7.68. The molecule has 0 atom stereocenters. The van der Waals surface area contributed by atoms with Gasteiger partial charge in [0.1, 0.15) is 0 Å². The maximum Gasteiger partial charge on any atom is -0.00773 e. The third-order valence-electron chi connectivity index (χ3n) is 2.88. The number of allylic oxidation sites excluding steroid dienone is 8. The van der Waals surface area contributed by atoms with E-state index >= 15 is 0 Å². The molecule has 19 heavy (non-hydrogen) atoms. The van der Waals surface area contributed by atoms with Crippen LogP contribution in [0.2, 0.25) is 0 Å². The van der Waals surface area contributed by atoms with E-state index in [1.807, 2.05) is 0 Å². The molecule has 0 spiro atoms. The molecule has 0 aromatic carbocycles. The van der Waals surface area contributed by atoms with Crippen LogP contribution in [0.15, 0.2) is 48.6 Å². The second kappa shape index (κ2) is 16.9. The third-order valence-corrected chi connectivity index (χ3v) is 2.88. The van der Waals surface area contributed by atoms with Crippen molar-refractivity contribution in [3.63, 3.8) is 0 Å². The third kappa shape index (κ3) is 16.9. The predicted molar refractivity (Wildman–Crippen MR) is 88.2 cm³/mol. The maximum atomic E-state index is 5.45. The van der Waals surface area contributed by atoms with E-state index < -0.39 is 0 Å². The van der Waals surface area contributed by atoms with Gasteiger partial charge in [0.2, 0.25) is 0 Å². The van der Waals surface area contributed by atoms with Gasteiger partial charge in [-0.25, -0.2) is 0 Å². The van der Waals surface area contributed by atoms with Crippen LogP contribution in [0.1, 0.15) is 58.3 Å². The SMILES string of the molecule is C/C=C\C/C=C\C/C=C\C/C=C\CCCCCCN. The first kappa shape index (κ1) is 17.9. The van der Waals surface area contributed by atoms with Gasteiger partial charge in [0.05, 0.1) is 0 Å². The zero-order valence-corrected chi connectivity index (χ0v) is 12.6. The monoisotopic (exact) mass is 261 g/mol. The van der Waals surface area contributed by atoms with Crippen molar-refractivity contribution in [3.8, 4) is 0 Å². The largest absolute Gasteiger partial charge is 0.330 e. The fourth-order valence-corrected chi connectivity index (χ4v) is 1.73. The molecule has 0 unspecified atom stereocenters. The summed E-state index contributed by atoms with van der Waals surface area (Å²) >= 11 is 0. The highest BCUT2D eigenvalue weighted by atomic mass is 14.5.